The molecule has 5 nitrogen and oxygen atoms in total. The summed E-state index contributed by atoms with van der Waals surface area (Å²) in [7, 11) is 1.90. The Morgan fingerprint density at radius 2 is 2.31 bits per heavy atom. The highest BCUT2D eigenvalue weighted by Crippen LogP contribution is 2.16. The fourth-order valence-electron chi connectivity index (χ4n) is 1.23. The summed E-state index contributed by atoms with van der Waals surface area (Å²) in [6.45, 7) is 0.678. The predicted octanol–water partition coefficient (Wildman–Crippen LogP) is 1.50. The van der Waals surface area contributed by atoms with Crippen LogP contribution in [0.1, 0.15) is 12.8 Å². The molecule has 0 radical (unpaired) electrons. The number of thioether (sulfide) groups is 1. The summed E-state index contributed by atoms with van der Waals surface area (Å²) in [5.74, 6) is 0.0608. The molecule has 16 heavy (non-hydrogen) atoms. The Balaban J connectivity index is 2.51. The number of rotatable bonds is 6. The molecule has 0 bridgehead atoms. The van der Waals surface area contributed by atoms with E-state index in [0.29, 0.717) is 13.0 Å². The summed E-state index contributed by atoms with van der Waals surface area (Å²) in [4.78, 5) is 20.5. The lowest BCUT2D eigenvalue weighted by Crippen LogP contribution is -2.20. The van der Waals surface area contributed by atoms with Crippen molar-refractivity contribution in [2.75, 3.05) is 24.7 Å². The monoisotopic (exact) mass is 241 g/mol. The van der Waals surface area contributed by atoms with Crippen molar-refractivity contribution in [3.05, 3.63) is 12.4 Å². The lowest BCUT2D eigenvalue weighted by molar-refractivity contribution is -0.137. The first kappa shape index (κ1) is 12.8. The second-order valence-corrected chi connectivity index (χ2v) is 4.16. The Hall–Kier alpha value is -1.30. The van der Waals surface area contributed by atoms with Crippen molar-refractivity contribution < 1.29 is 9.90 Å². The Kier molecular flexibility index (Phi) is 5.04. The van der Waals surface area contributed by atoms with Gasteiger partial charge in [-0.15, -0.1) is 11.8 Å². The van der Waals surface area contributed by atoms with Crippen LogP contribution in [-0.2, 0) is 4.79 Å². The number of carboxylic acids is 1. The Bertz CT molecular complexity index is 360. The summed E-state index contributed by atoms with van der Waals surface area (Å²) in [5.41, 5.74) is 0. The molecule has 1 heterocycles. The van der Waals surface area contributed by atoms with Crippen LogP contribution < -0.4 is 4.90 Å². The van der Waals surface area contributed by atoms with Gasteiger partial charge in [-0.3, -0.25) is 4.79 Å². The molecule has 0 saturated heterocycles. The smallest absolute Gasteiger partial charge is 0.303 e. The van der Waals surface area contributed by atoms with Crippen molar-refractivity contribution in [2.45, 2.75) is 17.9 Å². The minimum atomic E-state index is -0.763. The van der Waals surface area contributed by atoms with Crippen LogP contribution in [0.25, 0.3) is 0 Å². The topological polar surface area (TPSA) is 66.3 Å². The Morgan fingerprint density at radius 3 is 2.94 bits per heavy atom. The van der Waals surface area contributed by atoms with E-state index in [-0.39, 0.29) is 6.42 Å². The predicted molar refractivity (Wildman–Crippen MR) is 64.0 cm³/mol. The van der Waals surface area contributed by atoms with Crippen molar-refractivity contribution in [2.24, 2.45) is 0 Å². The van der Waals surface area contributed by atoms with Gasteiger partial charge in [-0.05, 0) is 12.7 Å². The van der Waals surface area contributed by atoms with Gasteiger partial charge in [-0.1, -0.05) is 0 Å². The van der Waals surface area contributed by atoms with Gasteiger partial charge < -0.3 is 10.0 Å². The lowest BCUT2D eigenvalue weighted by atomic mass is 10.3. The van der Waals surface area contributed by atoms with Crippen molar-refractivity contribution in [1.82, 2.24) is 9.97 Å². The first-order chi connectivity index (χ1) is 7.63. The number of carboxylic acid groups (broad SMARTS) is 1. The van der Waals surface area contributed by atoms with Gasteiger partial charge in [0.25, 0.3) is 0 Å². The van der Waals surface area contributed by atoms with E-state index < -0.39 is 5.97 Å². The first-order valence-electron chi connectivity index (χ1n) is 4.92. The molecule has 0 unspecified atom stereocenters. The molecule has 6 heteroatoms. The van der Waals surface area contributed by atoms with Gasteiger partial charge in [0.05, 0.1) is 0 Å². The summed E-state index contributed by atoms with van der Waals surface area (Å²) in [6, 6.07) is 1.89. The normalized spacial score (nSPS) is 10.1. The number of aromatic nitrogens is 2. The Labute approximate surface area is 98.9 Å². The van der Waals surface area contributed by atoms with Crippen LogP contribution in [0.15, 0.2) is 17.4 Å². The van der Waals surface area contributed by atoms with Crippen molar-refractivity contribution in [1.29, 1.82) is 0 Å². The summed E-state index contributed by atoms with van der Waals surface area (Å²) >= 11 is 1.56. The third-order valence-corrected chi connectivity index (χ3v) is 2.75. The van der Waals surface area contributed by atoms with Gasteiger partial charge in [0.2, 0.25) is 0 Å². The number of carbonyl (C=O) groups is 1. The highest BCUT2D eigenvalue weighted by molar-refractivity contribution is 7.98. The molecule has 0 aromatic carbocycles. The van der Waals surface area contributed by atoms with Gasteiger partial charge in [0.1, 0.15) is 17.2 Å². The van der Waals surface area contributed by atoms with E-state index >= 15 is 0 Å². The SMILES string of the molecule is CSc1cc(N(C)CCCC(=O)O)ncn1. The van der Waals surface area contributed by atoms with E-state index in [1.54, 1.807) is 11.8 Å². The zero-order valence-electron chi connectivity index (χ0n) is 9.38. The summed E-state index contributed by atoms with van der Waals surface area (Å²) < 4.78 is 0. The molecular formula is C10H15N3O2S. The maximum absolute atomic E-state index is 10.4. The van der Waals surface area contributed by atoms with E-state index in [1.165, 1.54) is 6.33 Å². The average molecular weight is 241 g/mol. The Morgan fingerprint density at radius 1 is 1.56 bits per heavy atom. The van der Waals surface area contributed by atoms with Crippen molar-refractivity contribution >= 4 is 23.5 Å². The maximum atomic E-state index is 10.4. The molecule has 1 rings (SSSR count). The molecule has 1 N–H and O–H groups in total. The molecule has 0 amide bonds. The minimum Gasteiger partial charge on any atom is -0.481 e. The molecule has 0 saturated carbocycles. The molecule has 88 valence electrons. The molecular weight excluding hydrogens is 226 g/mol. The van der Waals surface area contributed by atoms with E-state index in [4.69, 9.17) is 5.11 Å². The second kappa shape index (κ2) is 6.32. The van der Waals surface area contributed by atoms with Crippen LogP contribution >= 0.6 is 11.8 Å². The molecule has 0 spiro atoms. The number of nitrogens with zero attached hydrogens (tertiary/aromatic N) is 3. The van der Waals surface area contributed by atoms with Crippen LogP contribution in [0, 0.1) is 0 Å². The maximum Gasteiger partial charge on any atom is 0.303 e. The van der Waals surface area contributed by atoms with Crippen molar-refractivity contribution in [3.8, 4) is 0 Å². The fraction of sp³-hybridized carbons (Fsp3) is 0.500. The third-order valence-electron chi connectivity index (χ3n) is 2.11. The van der Waals surface area contributed by atoms with Crippen LogP contribution in [-0.4, -0.2) is 40.9 Å². The van der Waals surface area contributed by atoms with Crippen LogP contribution in [0.4, 0.5) is 5.82 Å². The number of aliphatic carboxylic acids is 1. The van der Waals surface area contributed by atoms with Gasteiger partial charge >= 0.3 is 5.97 Å². The van der Waals surface area contributed by atoms with E-state index in [1.807, 2.05) is 24.3 Å². The summed E-state index contributed by atoms with van der Waals surface area (Å²) in [5, 5.41) is 9.44. The standard InChI is InChI=1S/C10H15N3O2S/c1-13(5-3-4-10(14)15)8-6-9(16-2)12-7-11-8/h6-7H,3-5H2,1-2H3,(H,14,15). The largest absolute Gasteiger partial charge is 0.481 e. The van der Waals surface area contributed by atoms with Crippen LogP contribution in [0.5, 0.6) is 0 Å². The van der Waals surface area contributed by atoms with Gasteiger partial charge in [-0.25, -0.2) is 9.97 Å². The van der Waals surface area contributed by atoms with Crippen LogP contribution in [0.2, 0.25) is 0 Å². The van der Waals surface area contributed by atoms with Crippen molar-refractivity contribution in [3.63, 3.8) is 0 Å². The third kappa shape index (κ3) is 4.06. The van der Waals surface area contributed by atoms with Gasteiger partial charge in [0.15, 0.2) is 0 Å². The molecule has 0 atom stereocenters. The zero-order chi connectivity index (χ0) is 12.0. The molecule has 0 aliphatic heterocycles. The lowest BCUT2D eigenvalue weighted by Gasteiger charge is -2.17. The highest BCUT2D eigenvalue weighted by atomic mass is 32.2. The quantitative estimate of drug-likeness (QED) is 0.601. The van der Waals surface area contributed by atoms with Gasteiger partial charge in [-0.2, -0.15) is 0 Å². The highest BCUT2D eigenvalue weighted by Gasteiger charge is 2.05. The van der Waals surface area contributed by atoms with Crippen LogP contribution in [0.3, 0.4) is 0 Å². The number of hydrogen-bond acceptors (Lipinski definition) is 5. The molecule has 0 fully saturated rings. The summed E-state index contributed by atoms with van der Waals surface area (Å²) in [6.07, 6.45) is 4.28. The molecule has 0 aliphatic carbocycles. The average Bonchev–Trinajstić information content (AvgIpc) is 2.28. The van der Waals surface area contributed by atoms with E-state index in [0.717, 1.165) is 10.8 Å². The van der Waals surface area contributed by atoms with Gasteiger partial charge in [0, 0.05) is 26.1 Å². The van der Waals surface area contributed by atoms with E-state index in [9.17, 15) is 4.79 Å². The van der Waals surface area contributed by atoms with E-state index in [2.05, 4.69) is 9.97 Å². The zero-order valence-corrected chi connectivity index (χ0v) is 10.2. The molecule has 1 aromatic heterocycles. The minimum absolute atomic E-state index is 0.185. The molecule has 0 aliphatic rings. The fourth-order valence-corrected chi connectivity index (χ4v) is 1.61. The first-order valence-corrected chi connectivity index (χ1v) is 6.15. The molecule has 1 aromatic rings. The number of hydrogen-bond donors (Lipinski definition) is 1. The second-order valence-electron chi connectivity index (χ2n) is 3.34. The number of anilines is 1.